The zero-order valence-corrected chi connectivity index (χ0v) is 16.7. The third kappa shape index (κ3) is 6.30. The first-order chi connectivity index (χ1) is 12.7. The van der Waals surface area contributed by atoms with Crippen LogP contribution in [0.25, 0.3) is 0 Å². The van der Waals surface area contributed by atoms with Crippen LogP contribution in [-0.2, 0) is 0 Å². The quantitative estimate of drug-likeness (QED) is 0.312. The van der Waals surface area contributed by atoms with E-state index in [4.69, 9.17) is 17.5 Å². The molecule has 2 rings (SSSR count). The fourth-order valence-electron chi connectivity index (χ4n) is 2.19. The molecule has 0 saturated heterocycles. The van der Waals surface area contributed by atoms with Crippen molar-refractivity contribution in [2.75, 3.05) is 18.5 Å². The number of benzene rings is 2. The zero-order valence-electron chi connectivity index (χ0n) is 15.9. The number of hydrogen-bond donors (Lipinski definition) is 0. The van der Waals surface area contributed by atoms with Gasteiger partial charge in [-0.25, -0.2) is 0 Å². The Labute approximate surface area is 162 Å². The smallest absolute Gasteiger partial charge is 0.165 e. The van der Waals surface area contributed by atoms with Gasteiger partial charge in [0.25, 0.3) is 0 Å². The Bertz CT molecular complexity index is 733. The van der Waals surface area contributed by atoms with Crippen LogP contribution < -0.4 is 4.90 Å². The van der Waals surface area contributed by atoms with Gasteiger partial charge < -0.3 is 0 Å². The summed E-state index contributed by atoms with van der Waals surface area (Å²) in [6.45, 7) is 6.61. The normalized spacial score (nSPS) is 10.2. The molecule has 0 aliphatic rings. The van der Waals surface area contributed by atoms with Gasteiger partial charge in [-0.1, -0.05) is 74.1 Å². The van der Waals surface area contributed by atoms with Crippen LogP contribution in [0.2, 0.25) is 0 Å². The molecule has 0 spiro atoms. The fourth-order valence-corrected chi connectivity index (χ4v) is 2.42. The van der Waals surface area contributed by atoms with Crippen LogP contribution in [0.15, 0.2) is 59.7 Å². The maximum absolute atomic E-state index is 8.77. The van der Waals surface area contributed by atoms with Crippen LogP contribution in [0, 0.1) is 18.3 Å². The van der Waals surface area contributed by atoms with Gasteiger partial charge in [-0.15, -0.1) is 0 Å². The summed E-state index contributed by atoms with van der Waals surface area (Å²) in [5.74, 6) is 0.731. The van der Waals surface area contributed by atoms with Crippen LogP contribution in [0.1, 0.15) is 31.4 Å². The van der Waals surface area contributed by atoms with Crippen molar-refractivity contribution in [1.82, 2.24) is 5.01 Å². The first kappa shape index (κ1) is 21.3. The topological polar surface area (TPSA) is 42.6 Å². The molecule has 2 aromatic rings. The maximum Gasteiger partial charge on any atom is 0.165 e. The van der Waals surface area contributed by atoms with E-state index >= 15 is 0 Å². The van der Waals surface area contributed by atoms with Crippen molar-refractivity contribution >= 4 is 29.2 Å². The van der Waals surface area contributed by atoms with Gasteiger partial charge in [0.2, 0.25) is 0 Å². The predicted molar refractivity (Wildman–Crippen MR) is 115 cm³/mol. The van der Waals surface area contributed by atoms with Crippen molar-refractivity contribution in [2.45, 2.75) is 27.2 Å². The Kier molecular flexibility index (Phi) is 9.66. The molecule has 5 heteroatoms. The number of rotatable bonds is 6. The second kappa shape index (κ2) is 11.8. The number of thiocarbonyl (C=S) groups is 1. The highest BCUT2D eigenvalue weighted by Gasteiger charge is 2.15. The van der Waals surface area contributed by atoms with Crippen molar-refractivity contribution in [2.24, 2.45) is 5.10 Å². The SMILES string of the molecule is CC.Cc1ccc(N(C=S)/C(=N\N(C)CCC#N)c2ccccc2)cc1. The lowest BCUT2D eigenvalue weighted by Crippen LogP contribution is -2.32. The molecular weight excluding hydrogens is 340 g/mol. The van der Waals surface area contributed by atoms with Gasteiger partial charge in [0.05, 0.1) is 18.0 Å². The highest BCUT2D eigenvalue weighted by Crippen LogP contribution is 2.18. The van der Waals surface area contributed by atoms with Gasteiger partial charge >= 0.3 is 0 Å². The van der Waals surface area contributed by atoms with Crippen molar-refractivity contribution in [1.29, 1.82) is 5.26 Å². The molecule has 0 aliphatic carbocycles. The van der Waals surface area contributed by atoms with Gasteiger partial charge in [-0.05, 0) is 19.1 Å². The Balaban J connectivity index is 0.00000163. The third-order valence-corrected chi connectivity index (χ3v) is 3.70. The molecule has 0 unspecified atom stereocenters. The first-order valence-corrected chi connectivity index (χ1v) is 9.16. The van der Waals surface area contributed by atoms with Crippen LogP contribution >= 0.6 is 12.2 Å². The summed E-state index contributed by atoms with van der Waals surface area (Å²) in [5, 5.41) is 15.2. The molecule has 0 heterocycles. The van der Waals surface area contributed by atoms with Crippen LogP contribution in [-0.4, -0.2) is 29.9 Å². The molecule has 0 bridgehead atoms. The molecular formula is C21H26N4S. The van der Waals surface area contributed by atoms with Gasteiger partial charge in [-0.3, -0.25) is 9.91 Å². The number of anilines is 1. The van der Waals surface area contributed by atoms with Gasteiger partial charge in [0, 0.05) is 24.8 Å². The van der Waals surface area contributed by atoms with E-state index < -0.39 is 0 Å². The van der Waals surface area contributed by atoms with Gasteiger partial charge in [0.15, 0.2) is 5.84 Å². The summed E-state index contributed by atoms with van der Waals surface area (Å²) in [5.41, 5.74) is 4.69. The molecule has 0 amide bonds. The number of hydrogen-bond acceptors (Lipinski definition) is 4. The molecule has 0 atom stereocenters. The maximum atomic E-state index is 8.77. The molecule has 0 fully saturated rings. The van der Waals surface area contributed by atoms with E-state index in [1.165, 1.54) is 5.56 Å². The molecule has 0 aliphatic heterocycles. The lowest BCUT2D eigenvalue weighted by atomic mass is 10.1. The number of nitriles is 1. The summed E-state index contributed by atoms with van der Waals surface area (Å²) in [4.78, 5) is 1.88. The zero-order chi connectivity index (χ0) is 19.4. The first-order valence-electron chi connectivity index (χ1n) is 8.69. The predicted octanol–water partition coefficient (Wildman–Crippen LogP) is 4.99. The van der Waals surface area contributed by atoms with E-state index in [2.05, 4.69) is 11.2 Å². The van der Waals surface area contributed by atoms with Crippen molar-refractivity contribution < 1.29 is 0 Å². The third-order valence-electron chi connectivity index (χ3n) is 3.49. The van der Waals surface area contributed by atoms with Crippen molar-refractivity contribution in [3.63, 3.8) is 0 Å². The molecule has 0 aromatic heterocycles. The van der Waals surface area contributed by atoms with E-state index in [-0.39, 0.29) is 0 Å². The largest absolute Gasteiger partial charge is 0.297 e. The molecule has 2 aromatic carbocycles. The van der Waals surface area contributed by atoms with Crippen LogP contribution in [0.3, 0.4) is 0 Å². The van der Waals surface area contributed by atoms with Crippen LogP contribution in [0.5, 0.6) is 0 Å². The number of amidine groups is 1. The highest BCUT2D eigenvalue weighted by molar-refractivity contribution is 7.79. The molecule has 0 radical (unpaired) electrons. The van der Waals surface area contributed by atoms with E-state index in [0.29, 0.717) is 13.0 Å². The average Bonchev–Trinajstić information content (AvgIpc) is 2.69. The summed E-state index contributed by atoms with van der Waals surface area (Å²) >= 11 is 5.25. The second-order valence-corrected chi connectivity index (χ2v) is 5.60. The molecule has 4 nitrogen and oxygen atoms in total. The van der Waals surface area contributed by atoms with Crippen molar-refractivity contribution in [3.8, 4) is 6.07 Å². The fraction of sp³-hybridized carbons (Fsp3) is 0.286. The Morgan fingerprint density at radius 1 is 1.12 bits per heavy atom. The Morgan fingerprint density at radius 2 is 1.73 bits per heavy atom. The van der Waals surface area contributed by atoms with Gasteiger partial charge in [0.1, 0.15) is 0 Å². The minimum Gasteiger partial charge on any atom is -0.297 e. The summed E-state index contributed by atoms with van der Waals surface area (Å²) in [6.07, 6.45) is 0.421. The number of nitrogens with zero attached hydrogens (tertiary/aromatic N) is 4. The van der Waals surface area contributed by atoms with E-state index in [1.807, 2.05) is 87.3 Å². The summed E-state index contributed by atoms with van der Waals surface area (Å²) in [6, 6.07) is 20.2. The molecule has 136 valence electrons. The molecule has 26 heavy (non-hydrogen) atoms. The second-order valence-electron chi connectivity index (χ2n) is 5.39. The minimum absolute atomic E-state index is 0.421. The standard InChI is InChI=1S/C19H20N4S.C2H6/c1-16-9-11-18(12-10-16)23(15-24)19(17-7-4-3-5-8-17)21-22(2)14-6-13-20;1-2/h3-5,7-12,15H,6,14H2,1-2H3;1-2H3/b21-19-;. The summed E-state index contributed by atoms with van der Waals surface area (Å²) < 4.78 is 0. The average molecular weight is 367 g/mol. The van der Waals surface area contributed by atoms with Crippen molar-refractivity contribution in [3.05, 3.63) is 65.7 Å². The van der Waals surface area contributed by atoms with E-state index in [0.717, 1.165) is 17.1 Å². The highest BCUT2D eigenvalue weighted by atomic mass is 32.1. The Morgan fingerprint density at radius 3 is 2.27 bits per heavy atom. The number of aryl methyl sites for hydroxylation is 1. The van der Waals surface area contributed by atoms with Gasteiger partial charge in [-0.2, -0.15) is 10.4 Å². The lowest BCUT2D eigenvalue weighted by Gasteiger charge is -2.24. The van der Waals surface area contributed by atoms with E-state index in [9.17, 15) is 0 Å². The minimum atomic E-state index is 0.421. The lowest BCUT2D eigenvalue weighted by molar-refractivity contribution is 0.363. The Hall–Kier alpha value is -2.71. The number of hydrazone groups is 1. The molecule has 0 saturated carbocycles. The monoisotopic (exact) mass is 366 g/mol. The summed E-state index contributed by atoms with van der Waals surface area (Å²) in [7, 11) is 1.86. The molecule has 0 N–H and O–H groups in total. The van der Waals surface area contributed by atoms with E-state index in [1.54, 1.807) is 10.5 Å². The van der Waals surface area contributed by atoms with Crippen LogP contribution in [0.4, 0.5) is 5.69 Å².